The summed E-state index contributed by atoms with van der Waals surface area (Å²) in [6, 6.07) is 21.6. The van der Waals surface area contributed by atoms with E-state index in [-0.39, 0.29) is 6.03 Å². The number of urea groups is 1. The molecule has 2 N–H and O–H groups in total. The molecule has 1 aliphatic carbocycles. The molecule has 2 aliphatic rings. The van der Waals surface area contributed by atoms with Gasteiger partial charge in [-0.3, -0.25) is 0 Å². The van der Waals surface area contributed by atoms with Crippen LogP contribution in [0, 0.1) is 5.92 Å². The van der Waals surface area contributed by atoms with Crippen molar-refractivity contribution in [2.45, 2.75) is 44.1 Å². The van der Waals surface area contributed by atoms with Crippen molar-refractivity contribution >= 4 is 6.03 Å². The highest BCUT2D eigenvalue weighted by atomic mass is 16.2. The first-order valence-electron chi connectivity index (χ1n) is 11.1. The van der Waals surface area contributed by atoms with Gasteiger partial charge in [-0.15, -0.1) is 0 Å². The van der Waals surface area contributed by atoms with Crippen LogP contribution >= 0.6 is 0 Å². The van der Waals surface area contributed by atoms with Crippen LogP contribution in [0.4, 0.5) is 4.79 Å². The molecule has 2 amide bonds. The molecule has 1 saturated carbocycles. The third-order valence-electron chi connectivity index (χ3n) is 6.35. The Morgan fingerprint density at radius 1 is 0.966 bits per heavy atom. The number of benzene rings is 2. The van der Waals surface area contributed by atoms with Crippen molar-refractivity contribution in [3.63, 3.8) is 0 Å². The summed E-state index contributed by atoms with van der Waals surface area (Å²) in [6.07, 6.45) is 5.84. The molecule has 1 heterocycles. The molecule has 4 rings (SSSR count). The zero-order valence-electron chi connectivity index (χ0n) is 17.2. The van der Waals surface area contributed by atoms with Crippen molar-refractivity contribution < 1.29 is 4.79 Å². The first-order valence-corrected chi connectivity index (χ1v) is 11.1. The fraction of sp³-hybridized carbons (Fsp3) is 0.480. The van der Waals surface area contributed by atoms with Crippen LogP contribution in [-0.2, 0) is 6.42 Å². The van der Waals surface area contributed by atoms with E-state index in [1.54, 1.807) is 0 Å². The first kappa shape index (κ1) is 20.0. The lowest BCUT2D eigenvalue weighted by Crippen LogP contribution is -2.40. The van der Waals surface area contributed by atoms with Crippen molar-refractivity contribution in [2.24, 2.45) is 5.92 Å². The molecule has 1 aliphatic heterocycles. The van der Waals surface area contributed by atoms with Crippen molar-refractivity contribution in [1.82, 2.24) is 15.5 Å². The maximum absolute atomic E-state index is 12.1. The fourth-order valence-corrected chi connectivity index (χ4v) is 4.51. The molecule has 0 bridgehead atoms. The largest absolute Gasteiger partial charge is 0.338 e. The van der Waals surface area contributed by atoms with E-state index in [9.17, 15) is 4.79 Å². The molecule has 2 unspecified atom stereocenters. The van der Waals surface area contributed by atoms with Crippen LogP contribution in [-0.4, -0.2) is 43.2 Å². The molecule has 4 nitrogen and oxygen atoms in total. The normalized spacial score (nSPS) is 22.2. The third-order valence-corrected chi connectivity index (χ3v) is 6.35. The number of carbonyl (C=O) groups is 1. The minimum Gasteiger partial charge on any atom is -0.338 e. The van der Waals surface area contributed by atoms with E-state index in [4.69, 9.17) is 0 Å². The highest BCUT2D eigenvalue weighted by Crippen LogP contribution is 2.40. The molecule has 2 aromatic carbocycles. The summed E-state index contributed by atoms with van der Waals surface area (Å²) in [7, 11) is 0. The number of piperidine rings is 1. The van der Waals surface area contributed by atoms with E-state index >= 15 is 0 Å². The number of amides is 2. The Morgan fingerprint density at radius 3 is 2.38 bits per heavy atom. The number of nitrogens with one attached hydrogen (secondary N) is 2. The van der Waals surface area contributed by atoms with Gasteiger partial charge < -0.3 is 15.5 Å². The lowest BCUT2D eigenvalue weighted by molar-refractivity contribution is 0.182. The smallest absolute Gasteiger partial charge is 0.315 e. The molecule has 2 atom stereocenters. The maximum Gasteiger partial charge on any atom is 0.315 e. The van der Waals surface area contributed by atoms with Gasteiger partial charge in [-0.2, -0.15) is 0 Å². The Kier molecular flexibility index (Phi) is 6.83. The molecule has 0 aromatic heterocycles. The monoisotopic (exact) mass is 391 g/mol. The van der Waals surface area contributed by atoms with Gasteiger partial charge in [0.15, 0.2) is 0 Å². The molecule has 4 heteroatoms. The average Bonchev–Trinajstić information content (AvgIpc) is 3.53. The van der Waals surface area contributed by atoms with Gasteiger partial charge in [0.1, 0.15) is 0 Å². The minimum atomic E-state index is -0.0185. The van der Waals surface area contributed by atoms with E-state index in [2.05, 4.69) is 70.1 Å². The van der Waals surface area contributed by atoms with Crippen molar-refractivity contribution in [3.05, 3.63) is 71.8 Å². The average molecular weight is 392 g/mol. The molecule has 154 valence electrons. The highest BCUT2D eigenvalue weighted by molar-refractivity contribution is 5.74. The van der Waals surface area contributed by atoms with Crippen LogP contribution in [0.5, 0.6) is 0 Å². The topological polar surface area (TPSA) is 44.4 Å². The third kappa shape index (κ3) is 6.07. The second-order valence-electron chi connectivity index (χ2n) is 8.59. The van der Waals surface area contributed by atoms with E-state index in [0.717, 1.165) is 31.8 Å². The van der Waals surface area contributed by atoms with Gasteiger partial charge in [0, 0.05) is 18.5 Å². The van der Waals surface area contributed by atoms with Gasteiger partial charge in [0.2, 0.25) is 0 Å². The standard InChI is InChI=1S/C25H33N3O/c29-25(27-24-19-23(24)22-10-5-2-6-11-22)26-14-7-15-28-16-12-21(13-17-28)18-20-8-3-1-4-9-20/h1-6,8-11,21,23-24H,7,12-19H2,(H2,26,27,29). The molecule has 2 aromatic rings. The minimum absolute atomic E-state index is 0.0185. The van der Waals surface area contributed by atoms with Gasteiger partial charge in [-0.05, 0) is 68.8 Å². The number of hydrogen-bond donors (Lipinski definition) is 2. The summed E-state index contributed by atoms with van der Waals surface area (Å²) >= 11 is 0. The van der Waals surface area contributed by atoms with Crippen LogP contribution in [0.15, 0.2) is 60.7 Å². The maximum atomic E-state index is 12.1. The highest BCUT2D eigenvalue weighted by Gasteiger charge is 2.39. The summed E-state index contributed by atoms with van der Waals surface area (Å²) in [4.78, 5) is 14.7. The fourth-order valence-electron chi connectivity index (χ4n) is 4.51. The number of carbonyl (C=O) groups excluding carboxylic acids is 1. The number of hydrogen-bond acceptors (Lipinski definition) is 2. The first-order chi connectivity index (χ1) is 14.3. The predicted molar refractivity (Wildman–Crippen MR) is 118 cm³/mol. The summed E-state index contributed by atoms with van der Waals surface area (Å²) in [6.45, 7) is 4.20. The van der Waals surface area contributed by atoms with E-state index < -0.39 is 0 Å². The summed E-state index contributed by atoms with van der Waals surface area (Å²) in [5.41, 5.74) is 2.79. The van der Waals surface area contributed by atoms with E-state index in [0.29, 0.717) is 12.0 Å². The van der Waals surface area contributed by atoms with Crippen molar-refractivity contribution in [2.75, 3.05) is 26.2 Å². The molecule has 1 saturated heterocycles. The molecular formula is C25H33N3O. The molecule has 0 radical (unpaired) electrons. The van der Waals surface area contributed by atoms with Crippen LogP contribution in [0.2, 0.25) is 0 Å². The zero-order valence-corrected chi connectivity index (χ0v) is 17.2. The Labute approximate surface area is 174 Å². The molecule has 2 fully saturated rings. The second kappa shape index (κ2) is 9.93. The predicted octanol–water partition coefficient (Wildman–Crippen LogP) is 4.19. The Balaban J connectivity index is 1.06. The summed E-state index contributed by atoms with van der Waals surface area (Å²) in [5.74, 6) is 1.30. The van der Waals surface area contributed by atoms with Crippen molar-refractivity contribution in [3.8, 4) is 0 Å². The van der Waals surface area contributed by atoms with Gasteiger partial charge in [-0.1, -0.05) is 60.7 Å². The van der Waals surface area contributed by atoms with E-state index in [1.165, 1.54) is 43.5 Å². The van der Waals surface area contributed by atoms with Crippen molar-refractivity contribution in [1.29, 1.82) is 0 Å². The van der Waals surface area contributed by atoms with Crippen LogP contribution in [0.3, 0.4) is 0 Å². The van der Waals surface area contributed by atoms with Gasteiger partial charge in [0.05, 0.1) is 0 Å². The number of nitrogens with zero attached hydrogens (tertiary/aromatic N) is 1. The Bertz CT molecular complexity index is 756. The lowest BCUT2D eigenvalue weighted by Gasteiger charge is -2.32. The summed E-state index contributed by atoms with van der Waals surface area (Å²) in [5, 5.41) is 6.14. The number of rotatable bonds is 8. The molecular weight excluding hydrogens is 358 g/mol. The Hall–Kier alpha value is -2.33. The molecule has 0 spiro atoms. The number of likely N-dealkylation sites (tertiary alicyclic amines) is 1. The van der Waals surface area contributed by atoms with Crippen LogP contribution in [0.1, 0.15) is 42.7 Å². The Morgan fingerprint density at radius 2 is 1.66 bits per heavy atom. The second-order valence-corrected chi connectivity index (χ2v) is 8.59. The van der Waals surface area contributed by atoms with Gasteiger partial charge in [-0.25, -0.2) is 4.79 Å². The van der Waals surface area contributed by atoms with E-state index in [1.807, 2.05) is 6.07 Å². The van der Waals surface area contributed by atoms with Crippen LogP contribution < -0.4 is 10.6 Å². The van der Waals surface area contributed by atoms with Gasteiger partial charge >= 0.3 is 6.03 Å². The SMILES string of the molecule is O=C(NCCCN1CCC(Cc2ccccc2)CC1)NC1CC1c1ccccc1. The zero-order chi connectivity index (χ0) is 19.9. The van der Waals surface area contributed by atoms with Crippen LogP contribution in [0.25, 0.3) is 0 Å². The summed E-state index contributed by atoms with van der Waals surface area (Å²) < 4.78 is 0. The van der Waals surface area contributed by atoms with Gasteiger partial charge in [0.25, 0.3) is 0 Å². The molecule has 29 heavy (non-hydrogen) atoms. The lowest BCUT2D eigenvalue weighted by atomic mass is 9.90. The quantitative estimate of drug-likeness (QED) is 0.663.